The van der Waals surface area contributed by atoms with Gasteiger partial charge in [0, 0.05) is 22.3 Å². The first kappa shape index (κ1) is 18.0. The highest BCUT2D eigenvalue weighted by atomic mass is 16.1. The summed E-state index contributed by atoms with van der Waals surface area (Å²) in [5.41, 5.74) is 2.31. The van der Waals surface area contributed by atoms with Gasteiger partial charge in [0.2, 0.25) is 0 Å². The van der Waals surface area contributed by atoms with E-state index in [4.69, 9.17) is 0 Å². The monoisotopic (exact) mass is 386 g/mol. The van der Waals surface area contributed by atoms with Gasteiger partial charge in [0.05, 0.1) is 0 Å². The van der Waals surface area contributed by atoms with Crippen molar-refractivity contribution in [1.82, 2.24) is 0 Å². The second-order valence-electron chi connectivity index (χ2n) is 7.29. The number of hydrogen-bond acceptors (Lipinski definition) is 2. The number of fused-ring (bicyclic) bond motifs is 2. The number of hydrogen-bond donors (Lipinski definition) is 0. The van der Waals surface area contributed by atoms with Crippen molar-refractivity contribution < 1.29 is 9.59 Å². The first-order valence-electron chi connectivity index (χ1n) is 9.87. The molecule has 0 radical (unpaired) electrons. The normalized spacial score (nSPS) is 10.9. The van der Waals surface area contributed by atoms with E-state index in [0.717, 1.165) is 21.5 Å². The molecule has 2 nitrogen and oxygen atoms in total. The van der Waals surface area contributed by atoms with Crippen LogP contribution in [-0.4, -0.2) is 11.6 Å². The first-order chi connectivity index (χ1) is 14.7. The Bertz CT molecular complexity index is 1310. The summed E-state index contributed by atoms with van der Waals surface area (Å²) in [5.74, 6) is -0.168. The van der Waals surface area contributed by atoms with Crippen molar-refractivity contribution in [1.29, 1.82) is 0 Å². The molecule has 2 heteroatoms. The van der Waals surface area contributed by atoms with Crippen LogP contribution >= 0.6 is 0 Å². The number of carbonyl (C=O) groups excluding carboxylic acids is 2. The molecule has 5 rings (SSSR count). The molecule has 0 bridgehead atoms. The molecule has 0 spiro atoms. The topological polar surface area (TPSA) is 34.1 Å². The van der Waals surface area contributed by atoms with Gasteiger partial charge >= 0.3 is 0 Å². The molecule has 0 aliphatic rings. The van der Waals surface area contributed by atoms with Gasteiger partial charge < -0.3 is 0 Å². The molecule has 0 aliphatic heterocycles. The molecular weight excluding hydrogens is 368 g/mol. The summed E-state index contributed by atoms with van der Waals surface area (Å²) < 4.78 is 0. The van der Waals surface area contributed by atoms with Gasteiger partial charge in [-0.15, -0.1) is 0 Å². The molecule has 0 heterocycles. The lowest BCUT2D eigenvalue weighted by Gasteiger charge is -2.09. The minimum Gasteiger partial charge on any atom is -0.289 e. The van der Waals surface area contributed by atoms with Gasteiger partial charge in [0.1, 0.15) is 0 Å². The predicted molar refractivity (Wildman–Crippen MR) is 121 cm³/mol. The minimum absolute atomic E-state index is 0.0839. The van der Waals surface area contributed by atoms with Crippen LogP contribution in [0.5, 0.6) is 0 Å². The molecular formula is C28H18O2. The molecule has 0 amide bonds. The van der Waals surface area contributed by atoms with Gasteiger partial charge in [-0.3, -0.25) is 9.59 Å². The Labute approximate surface area is 174 Å². The standard InChI is InChI=1S/C28H18O2/c29-27(25-16-6-10-19-8-1-3-14-23(19)25)21-12-5-13-22(18-21)28(30)26-17-7-11-20-9-2-4-15-24(20)26/h1-18H. The summed E-state index contributed by atoms with van der Waals surface area (Å²) in [6.45, 7) is 0. The van der Waals surface area contributed by atoms with Crippen LogP contribution in [0.2, 0.25) is 0 Å². The summed E-state index contributed by atoms with van der Waals surface area (Å²) in [5, 5.41) is 3.87. The average Bonchev–Trinajstić information content (AvgIpc) is 2.82. The smallest absolute Gasteiger partial charge is 0.193 e. The van der Waals surface area contributed by atoms with Gasteiger partial charge in [-0.25, -0.2) is 0 Å². The number of ketones is 2. The highest BCUT2D eigenvalue weighted by molar-refractivity contribution is 6.19. The van der Waals surface area contributed by atoms with E-state index in [0.29, 0.717) is 22.3 Å². The van der Waals surface area contributed by atoms with Crippen molar-refractivity contribution in [3.8, 4) is 0 Å². The van der Waals surface area contributed by atoms with Crippen LogP contribution < -0.4 is 0 Å². The fourth-order valence-electron chi connectivity index (χ4n) is 3.96. The molecule has 0 N–H and O–H groups in total. The van der Waals surface area contributed by atoms with E-state index in [1.165, 1.54) is 0 Å². The largest absolute Gasteiger partial charge is 0.289 e. The van der Waals surface area contributed by atoms with E-state index in [1.54, 1.807) is 24.3 Å². The maximum Gasteiger partial charge on any atom is 0.193 e. The SMILES string of the molecule is O=C(c1cccc(C(=O)c2cccc3ccccc23)c1)c1cccc2ccccc12. The summed E-state index contributed by atoms with van der Waals surface area (Å²) in [6.07, 6.45) is 0. The van der Waals surface area contributed by atoms with Crippen LogP contribution in [0.15, 0.2) is 109 Å². The van der Waals surface area contributed by atoms with E-state index in [2.05, 4.69) is 0 Å². The number of carbonyl (C=O) groups is 2. The zero-order chi connectivity index (χ0) is 20.5. The molecule has 5 aromatic carbocycles. The van der Waals surface area contributed by atoms with Crippen LogP contribution in [0, 0.1) is 0 Å². The predicted octanol–water partition coefficient (Wildman–Crippen LogP) is 6.46. The Morgan fingerprint density at radius 3 is 1.33 bits per heavy atom. The molecule has 0 saturated carbocycles. The Kier molecular flexibility index (Phi) is 4.45. The van der Waals surface area contributed by atoms with Crippen molar-refractivity contribution in [2.45, 2.75) is 0 Å². The van der Waals surface area contributed by atoms with Gasteiger partial charge in [-0.1, -0.05) is 103 Å². The zero-order valence-corrected chi connectivity index (χ0v) is 16.2. The maximum atomic E-state index is 13.3. The maximum absolute atomic E-state index is 13.3. The second kappa shape index (κ2) is 7.41. The van der Waals surface area contributed by atoms with Crippen LogP contribution in [0.1, 0.15) is 31.8 Å². The molecule has 0 saturated heterocycles. The van der Waals surface area contributed by atoms with Crippen molar-refractivity contribution >= 4 is 33.1 Å². The molecule has 0 fully saturated rings. The quantitative estimate of drug-likeness (QED) is 0.332. The lowest BCUT2D eigenvalue weighted by molar-refractivity contribution is 0.103. The average molecular weight is 386 g/mol. The first-order valence-corrected chi connectivity index (χ1v) is 9.87. The molecule has 5 aromatic rings. The van der Waals surface area contributed by atoms with Crippen molar-refractivity contribution in [3.63, 3.8) is 0 Å². The van der Waals surface area contributed by atoms with Gasteiger partial charge in [0.25, 0.3) is 0 Å². The Balaban J connectivity index is 1.57. The second-order valence-corrected chi connectivity index (χ2v) is 7.29. The Morgan fingerprint density at radius 2 is 0.833 bits per heavy atom. The summed E-state index contributed by atoms with van der Waals surface area (Å²) in [6, 6.07) is 34.1. The third-order valence-electron chi connectivity index (χ3n) is 5.46. The highest BCUT2D eigenvalue weighted by Gasteiger charge is 2.16. The number of rotatable bonds is 4. The van der Waals surface area contributed by atoms with Crippen molar-refractivity contribution in [3.05, 3.63) is 131 Å². The Morgan fingerprint density at radius 1 is 0.433 bits per heavy atom. The fourth-order valence-corrected chi connectivity index (χ4v) is 3.96. The van der Waals surface area contributed by atoms with Crippen LogP contribution in [0.3, 0.4) is 0 Å². The Hall–Kier alpha value is -4.04. The van der Waals surface area contributed by atoms with E-state index >= 15 is 0 Å². The molecule has 0 atom stereocenters. The lowest BCUT2D eigenvalue weighted by atomic mass is 9.93. The van der Waals surface area contributed by atoms with Crippen LogP contribution in [-0.2, 0) is 0 Å². The zero-order valence-electron chi connectivity index (χ0n) is 16.2. The van der Waals surface area contributed by atoms with E-state index < -0.39 is 0 Å². The van der Waals surface area contributed by atoms with Crippen molar-refractivity contribution in [2.75, 3.05) is 0 Å². The summed E-state index contributed by atoms with van der Waals surface area (Å²) in [7, 11) is 0. The molecule has 30 heavy (non-hydrogen) atoms. The molecule has 0 unspecified atom stereocenters. The van der Waals surface area contributed by atoms with Gasteiger partial charge in [-0.2, -0.15) is 0 Å². The molecule has 0 aliphatic carbocycles. The van der Waals surface area contributed by atoms with Crippen LogP contribution in [0.4, 0.5) is 0 Å². The minimum atomic E-state index is -0.0839. The van der Waals surface area contributed by atoms with E-state index in [9.17, 15) is 9.59 Å². The summed E-state index contributed by atoms with van der Waals surface area (Å²) in [4.78, 5) is 26.5. The molecule has 142 valence electrons. The van der Waals surface area contributed by atoms with Crippen molar-refractivity contribution in [2.24, 2.45) is 0 Å². The third kappa shape index (κ3) is 3.09. The fraction of sp³-hybridized carbons (Fsp3) is 0. The van der Waals surface area contributed by atoms with E-state index in [-0.39, 0.29) is 11.6 Å². The molecule has 0 aromatic heterocycles. The lowest BCUT2D eigenvalue weighted by Crippen LogP contribution is -2.06. The third-order valence-corrected chi connectivity index (χ3v) is 5.46. The van der Waals surface area contributed by atoms with Gasteiger partial charge in [-0.05, 0) is 27.6 Å². The van der Waals surface area contributed by atoms with Gasteiger partial charge in [0.15, 0.2) is 11.6 Å². The van der Waals surface area contributed by atoms with Crippen LogP contribution in [0.25, 0.3) is 21.5 Å². The number of benzene rings is 5. The highest BCUT2D eigenvalue weighted by Crippen LogP contribution is 2.24. The summed E-state index contributed by atoms with van der Waals surface area (Å²) >= 11 is 0. The van der Waals surface area contributed by atoms with E-state index in [1.807, 2.05) is 84.9 Å².